The van der Waals surface area contributed by atoms with Gasteiger partial charge >= 0.3 is 0 Å². The summed E-state index contributed by atoms with van der Waals surface area (Å²) in [4.78, 5) is 11.8. The molecule has 1 rings (SSSR count). The van der Waals surface area contributed by atoms with Crippen LogP contribution in [-0.2, 0) is 0 Å². The molecule has 96 valence electrons. The molecular weight excluding hydrogens is 218 g/mol. The first kappa shape index (κ1) is 13.5. The van der Waals surface area contributed by atoms with Gasteiger partial charge in [0.25, 0.3) is 5.91 Å². The van der Waals surface area contributed by atoms with Crippen LogP contribution in [0.5, 0.6) is 0 Å². The van der Waals surface area contributed by atoms with Crippen molar-refractivity contribution in [3.05, 3.63) is 11.8 Å². The highest BCUT2D eigenvalue weighted by molar-refractivity contribution is 5.92. The van der Waals surface area contributed by atoms with Gasteiger partial charge in [-0.15, -0.1) is 0 Å². The van der Waals surface area contributed by atoms with E-state index in [0.29, 0.717) is 5.82 Å². The minimum absolute atomic E-state index is 0.116. The number of rotatable bonds is 2. The summed E-state index contributed by atoms with van der Waals surface area (Å²) in [5.41, 5.74) is -0.407. The molecule has 0 aliphatic heterocycles. The third kappa shape index (κ3) is 4.89. The minimum Gasteiger partial charge on any atom is -0.363 e. The van der Waals surface area contributed by atoms with E-state index < -0.39 is 0 Å². The van der Waals surface area contributed by atoms with Crippen molar-refractivity contribution < 1.29 is 9.32 Å². The van der Waals surface area contributed by atoms with E-state index in [4.69, 9.17) is 4.52 Å². The zero-order valence-electron chi connectivity index (χ0n) is 11.3. The third-order valence-corrected chi connectivity index (χ3v) is 1.73. The molecular formula is C12H21N3O2. The molecule has 1 aromatic heterocycles. The molecule has 0 fully saturated rings. The first-order valence-electron chi connectivity index (χ1n) is 5.64. The Kier molecular flexibility index (Phi) is 3.50. The fourth-order valence-corrected chi connectivity index (χ4v) is 1.23. The first-order chi connectivity index (χ1) is 7.57. The van der Waals surface area contributed by atoms with Crippen LogP contribution in [0.2, 0.25) is 0 Å². The molecule has 0 atom stereocenters. The van der Waals surface area contributed by atoms with Crippen molar-refractivity contribution in [1.29, 1.82) is 0 Å². The van der Waals surface area contributed by atoms with E-state index in [-0.39, 0.29) is 22.7 Å². The summed E-state index contributed by atoms with van der Waals surface area (Å²) < 4.78 is 4.99. The molecule has 0 saturated heterocycles. The number of hydrogen-bond acceptors (Lipinski definition) is 4. The van der Waals surface area contributed by atoms with Crippen LogP contribution in [0.15, 0.2) is 10.6 Å². The lowest BCUT2D eigenvalue weighted by molar-refractivity contribution is 0.0882. The quantitative estimate of drug-likeness (QED) is 0.831. The van der Waals surface area contributed by atoms with Crippen LogP contribution in [0.25, 0.3) is 0 Å². The maximum Gasteiger partial charge on any atom is 0.290 e. The van der Waals surface area contributed by atoms with Crippen LogP contribution in [-0.4, -0.2) is 22.1 Å². The fourth-order valence-electron chi connectivity index (χ4n) is 1.23. The van der Waals surface area contributed by atoms with Crippen molar-refractivity contribution in [3.63, 3.8) is 0 Å². The van der Waals surface area contributed by atoms with Crippen molar-refractivity contribution in [2.24, 2.45) is 0 Å². The highest BCUT2D eigenvalue weighted by Gasteiger charge is 2.20. The molecule has 1 aromatic rings. The van der Waals surface area contributed by atoms with Crippen LogP contribution in [0, 0.1) is 0 Å². The Morgan fingerprint density at radius 1 is 1.18 bits per heavy atom. The maximum absolute atomic E-state index is 11.8. The van der Waals surface area contributed by atoms with E-state index in [2.05, 4.69) is 15.8 Å². The second kappa shape index (κ2) is 4.39. The molecule has 1 heterocycles. The molecule has 2 N–H and O–H groups in total. The Labute approximate surface area is 102 Å². The van der Waals surface area contributed by atoms with Gasteiger partial charge in [0.2, 0.25) is 5.76 Å². The van der Waals surface area contributed by atoms with Crippen molar-refractivity contribution in [2.75, 3.05) is 5.32 Å². The standard InChI is InChI=1S/C12H21N3O2/c1-11(2,3)13-9-7-8(17-15-9)10(16)14-12(4,5)6/h7H,1-6H3,(H,13,15)(H,14,16). The van der Waals surface area contributed by atoms with E-state index in [1.807, 2.05) is 41.5 Å². The molecule has 0 radical (unpaired) electrons. The van der Waals surface area contributed by atoms with Gasteiger partial charge in [0.15, 0.2) is 5.82 Å². The summed E-state index contributed by atoms with van der Waals surface area (Å²) in [5, 5.41) is 9.75. The maximum atomic E-state index is 11.8. The largest absolute Gasteiger partial charge is 0.363 e. The van der Waals surface area contributed by atoms with Gasteiger partial charge in [-0.3, -0.25) is 4.79 Å². The lowest BCUT2D eigenvalue weighted by atomic mass is 10.1. The molecule has 5 nitrogen and oxygen atoms in total. The van der Waals surface area contributed by atoms with Gasteiger partial charge in [-0.1, -0.05) is 5.16 Å². The summed E-state index contributed by atoms with van der Waals surface area (Å²) in [6.45, 7) is 11.8. The monoisotopic (exact) mass is 239 g/mol. The van der Waals surface area contributed by atoms with Gasteiger partial charge in [-0.25, -0.2) is 0 Å². The van der Waals surface area contributed by atoms with Crippen LogP contribution < -0.4 is 10.6 Å². The molecule has 5 heteroatoms. The molecule has 0 aromatic carbocycles. The zero-order chi connectivity index (χ0) is 13.3. The molecule has 0 bridgehead atoms. The van der Waals surface area contributed by atoms with Gasteiger partial charge in [0.1, 0.15) is 0 Å². The van der Waals surface area contributed by atoms with Gasteiger partial charge in [0, 0.05) is 17.1 Å². The number of amides is 1. The van der Waals surface area contributed by atoms with Crippen molar-refractivity contribution in [2.45, 2.75) is 52.6 Å². The van der Waals surface area contributed by atoms with Gasteiger partial charge < -0.3 is 15.2 Å². The summed E-state index contributed by atoms with van der Waals surface area (Å²) in [7, 11) is 0. The normalized spacial score (nSPS) is 12.4. The average Bonchev–Trinajstić information content (AvgIpc) is 2.45. The molecule has 1 amide bonds. The highest BCUT2D eigenvalue weighted by atomic mass is 16.5. The van der Waals surface area contributed by atoms with Gasteiger partial charge in [-0.2, -0.15) is 0 Å². The number of nitrogens with zero attached hydrogens (tertiary/aromatic N) is 1. The smallest absolute Gasteiger partial charge is 0.290 e. The number of aromatic nitrogens is 1. The molecule has 0 unspecified atom stereocenters. The Morgan fingerprint density at radius 2 is 1.76 bits per heavy atom. The Hall–Kier alpha value is -1.52. The van der Waals surface area contributed by atoms with Gasteiger partial charge in [0.05, 0.1) is 0 Å². The highest BCUT2D eigenvalue weighted by Crippen LogP contribution is 2.15. The summed E-state index contributed by atoms with van der Waals surface area (Å²) >= 11 is 0. The number of hydrogen-bond donors (Lipinski definition) is 2. The second-order valence-electron chi connectivity index (χ2n) is 6.16. The van der Waals surface area contributed by atoms with Crippen molar-refractivity contribution in [3.8, 4) is 0 Å². The topological polar surface area (TPSA) is 67.2 Å². The van der Waals surface area contributed by atoms with E-state index in [1.54, 1.807) is 6.07 Å². The third-order valence-electron chi connectivity index (χ3n) is 1.73. The average molecular weight is 239 g/mol. The Bertz CT molecular complexity index is 397. The number of carbonyl (C=O) groups is 1. The molecule has 17 heavy (non-hydrogen) atoms. The molecule has 0 aliphatic rings. The Balaban J connectivity index is 2.72. The lowest BCUT2D eigenvalue weighted by Crippen LogP contribution is -2.40. The second-order valence-corrected chi connectivity index (χ2v) is 6.16. The number of nitrogens with one attached hydrogen (secondary N) is 2. The molecule has 0 spiro atoms. The van der Waals surface area contributed by atoms with E-state index in [9.17, 15) is 4.79 Å². The summed E-state index contributed by atoms with van der Waals surface area (Å²) in [6.07, 6.45) is 0. The molecule has 0 saturated carbocycles. The molecule has 0 aliphatic carbocycles. The minimum atomic E-state index is -0.290. The number of carbonyl (C=O) groups excluding carboxylic acids is 1. The van der Waals surface area contributed by atoms with Crippen molar-refractivity contribution in [1.82, 2.24) is 10.5 Å². The summed E-state index contributed by atoms with van der Waals surface area (Å²) in [5.74, 6) is 0.523. The Morgan fingerprint density at radius 3 is 2.24 bits per heavy atom. The van der Waals surface area contributed by atoms with E-state index in [0.717, 1.165) is 0 Å². The zero-order valence-corrected chi connectivity index (χ0v) is 11.3. The van der Waals surface area contributed by atoms with Crippen LogP contribution in [0.1, 0.15) is 52.1 Å². The van der Waals surface area contributed by atoms with Gasteiger partial charge in [-0.05, 0) is 41.5 Å². The SMILES string of the molecule is CC(C)(C)NC(=O)c1cc(NC(C)(C)C)no1. The van der Waals surface area contributed by atoms with Crippen LogP contribution in [0.4, 0.5) is 5.82 Å². The van der Waals surface area contributed by atoms with Crippen LogP contribution >= 0.6 is 0 Å². The summed E-state index contributed by atoms with van der Waals surface area (Å²) in [6, 6.07) is 1.60. The predicted octanol–water partition coefficient (Wildman–Crippen LogP) is 2.41. The van der Waals surface area contributed by atoms with Crippen molar-refractivity contribution >= 4 is 11.7 Å². The lowest BCUT2D eigenvalue weighted by Gasteiger charge is -2.19. The fraction of sp³-hybridized carbons (Fsp3) is 0.667. The first-order valence-corrected chi connectivity index (χ1v) is 5.64. The predicted molar refractivity (Wildman–Crippen MR) is 67.1 cm³/mol. The van der Waals surface area contributed by atoms with E-state index in [1.165, 1.54) is 0 Å². The number of anilines is 1. The van der Waals surface area contributed by atoms with Crippen LogP contribution in [0.3, 0.4) is 0 Å². The van der Waals surface area contributed by atoms with E-state index >= 15 is 0 Å².